The number of hydrogen-bond acceptors (Lipinski definition) is 2. The Morgan fingerprint density at radius 2 is 1.18 bits per heavy atom. The van der Waals surface area contributed by atoms with Crippen LogP contribution >= 0.6 is 0 Å². The van der Waals surface area contributed by atoms with Gasteiger partial charge in [0.05, 0.1) is 0 Å². The molecule has 0 aromatic heterocycles. The predicted molar refractivity (Wildman–Crippen MR) is 83.4 cm³/mol. The average Bonchev–Trinajstić information content (AvgIpc) is 2.53. The molecule has 2 nitrogen and oxygen atoms in total. The van der Waals surface area contributed by atoms with Gasteiger partial charge in [-0.15, -0.1) is 11.1 Å². The van der Waals surface area contributed by atoms with Crippen LogP contribution < -0.4 is 10.6 Å². The SMILES string of the molecule is CC(NCCNC(C)c1[c-]cccc1)c1[c-]cccc1.[Y].[Y]. The summed E-state index contributed by atoms with van der Waals surface area (Å²) in [6.45, 7) is 6.20. The van der Waals surface area contributed by atoms with Crippen LogP contribution in [0.1, 0.15) is 37.1 Å². The smallest absolute Gasteiger partial charge is 0.00817 e. The first-order valence-corrected chi connectivity index (χ1v) is 7.17. The van der Waals surface area contributed by atoms with E-state index >= 15 is 0 Å². The molecule has 4 heteroatoms. The van der Waals surface area contributed by atoms with Gasteiger partial charge in [0.15, 0.2) is 0 Å². The van der Waals surface area contributed by atoms with Crippen LogP contribution in [-0.2, 0) is 65.4 Å². The Morgan fingerprint density at radius 1 is 0.773 bits per heavy atom. The standard InChI is InChI=1S/C18H22N2.2Y/c1-15(17-9-5-3-6-10-17)19-13-14-20-16(2)18-11-7-4-8-12-18;;/h3-9,11,15-16,19-20H,13-14H2,1-2H3;;/q-2;;. The number of benzene rings is 2. The summed E-state index contributed by atoms with van der Waals surface area (Å²) in [5.74, 6) is 0. The van der Waals surface area contributed by atoms with Crippen molar-refractivity contribution in [2.45, 2.75) is 25.9 Å². The fraction of sp³-hybridized carbons (Fsp3) is 0.333. The van der Waals surface area contributed by atoms with Crippen LogP contribution in [0.25, 0.3) is 0 Å². The van der Waals surface area contributed by atoms with E-state index in [4.69, 9.17) is 0 Å². The number of rotatable bonds is 7. The van der Waals surface area contributed by atoms with Crippen molar-refractivity contribution in [1.82, 2.24) is 10.6 Å². The average molecular weight is 444 g/mol. The summed E-state index contributed by atoms with van der Waals surface area (Å²) in [5.41, 5.74) is 2.41. The Balaban J connectivity index is 0.00000220. The minimum Gasteiger partial charge on any atom is -0.311 e. The second-order valence-corrected chi connectivity index (χ2v) is 4.99. The van der Waals surface area contributed by atoms with Gasteiger partial charge in [-0.3, -0.25) is 0 Å². The second-order valence-electron chi connectivity index (χ2n) is 4.99. The molecule has 22 heavy (non-hydrogen) atoms. The quantitative estimate of drug-likeness (QED) is 0.506. The minimum absolute atomic E-state index is 0. The van der Waals surface area contributed by atoms with Gasteiger partial charge < -0.3 is 10.6 Å². The van der Waals surface area contributed by atoms with Crippen LogP contribution in [0.15, 0.2) is 48.5 Å². The Labute approximate surface area is 185 Å². The second kappa shape index (κ2) is 12.9. The monoisotopic (exact) mass is 444 g/mol. The number of nitrogens with one attached hydrogen (secondary N) is 2. The van der Waals surface area contributed by atoms with E-state index < -0.39 is 0 Å². The molecule has 0 heterocycles. The molecule has 0 spiro atoms. The molecule has 2 atom stereocenters. The Morgan fingerprint density at radius 3 is 1.50 bits per heavy atom. The third-order valence-corrected chi connectivity index (χ3v) is 3.43. The molecule has 0 saturated carbocycles. The molecule has 0 bridgehead atoms. The van der Waals surface area contributed by atoms with Crippen LogP contribution in [0.5, 0.6) is 0 Å². The molecule has 2 aromatic rings. The molecule has 2 N–H and O–H groups in total. The third kappa shape index (κ3) is 7.90. The molecule has 0 saturated heterocycles. The topological polar surface area (TPSA) is 24.1 Å². The van der Waals surface area contributed by atoms with Crippen molar-refractivity contribution < 1.29 is 65.4 Å². The van der Waals surface area contributed by atoms with E-state index in [1.165, 1.54) is 11.1 Å². The van der Waals surface area contributed by atoms with E-state index in [1.54, 1.807) is 0 Å². The summed E-state index contributed by atoms with van der Waals surface area (Å²) in [7, 11) is 0. The summed E-state index contributed by atoms with van der Waals surface area (Å²) >= 11 is 0. The molecule has 2 unspecified atom stereocenters. The molecular weight excluding hydrogens is 422 g/mol. The number of hydrogen-bond donors (Lipinski definition) is 2. The maximum absolute atomic E-state index is 3.50. The maximum Gasteiger partial charge on any atom is 0.00817 e. The first-order chi connectivity index (χ1) is 9.77. The molecule has 0 amide bonds. The molecule has 2 rings (SSSR count). The predicted octanol–water partition coefficient (Wildman–Crippen LogP) is 3.28. The van der Waals surface area contributed by atoms with Gasteiger partial charge in [0.1, 0.15) is 0 Å². The molecule has 2 radical (unpaired) electrons. The normalized spacial score (nSPS) is 12.6. The van der Waals surface area contributed by atoms with Gasteiger partial charge in [0.2, 0.25) is 0 Å². The zero-order valence-corrected chi connectivity index (χ0v) is 19.0. The van der Waals surface area contributed by atoms with Crippen LogP contribution in [0, 0.1) is 12.1 Å². The van der Waals surface area contributed by atoms with E-state index in [2.05, 4.69) is 60.9 Å². The molecule has 2 aromatic carbocycles. The van der Waals surface area contributed by atoms with Gasteiger partial charge in [0, 0.05) is 90.6 Å². The Kier molecular flexibility index (Phi) is 13.3. The molecule has 0 aliphatic carbocycles. The Bertz CT molecular complexity index is 443. The first kappa shape index (κ1) is 22.6. The molecule has 0 aliphatic heterocycles. The summed E-state index contributed by atoms with van der Waals surface area (Å²) in [6.07, 6.45) is 0. The van der Waals surface area contributed by atoms with Gasteiger partial charge in [-0.25, -0.2) is 0 Å². The van der Waals surface area contributed by atoms with E-state index in [0.717, 1.165) is 13.1 Å². The van der Waals surface area contributed by atoms with E-state index in [1.807, 2.05) is 24.3 Å². The van der Waals surface area contributed by atoms with Crippen molar-refractivity contribution in [2.24, 2.45) is 0 Å². The van der Waals surface area contributed by atoms with Gasteiger partial charge in [-0.05, 0) is 13.8 Å². The molecular formula is C18H22N2Y2-2. The van der Waals surface area contributed by atoms with Crippen molar-refractivity contribution in [3.05, 3.63) is 71.8 Å². The fourth-order valence-electron chi connectivity index (χ4n) is 2.15. The minimum atomic E-state index is 0. The molecule has 0 aliphatic rings. The van der Waals surface area contributed by atoms with Crippen LogP contribution in [0.2, 0.25) is 0 Å². The fourth-order valence-corrected chi connectivity index (χ4v) is 2.15. The van der Waals surface area contributed by atoms with Crippen molar-refractivity contribution in [3.8, 4) is 0 Å². The van der Waals surface area contributed by atoms with Crippen molar-refractivity contribution in [2.75, 3.05) is 13.1 Å². The third-order valence-electron chi connectivity index (χ3n) is 3.43. The van der Waals surface area contributed by atoms with E-state index in [0.29, 0.717) is 12.1 Å². The van der Waals surface area contributed by atoms with Crippen molar-refractivity contribution in [1.29, 1.82) is 0 Å². The largest absolute Gasteiger partial charge is 0.311 e. The molecule has 0 fully saturated rings. The zero-order valence-electron chi connectivity index (χ0n) is 13.3. The van der Waals surface area contributed by atoms with Crippen LogP contribution in [0.3, 0.4) is 0 Å². The van der Waals surface area contributed by atoms with Crippen molar-refractivity contribution >= 4 is 0 Å². The van der Waals surface area contributed by atoms with Gasteiger partial charge in [-0.1, -0.05) is 0 Å². The van der Waals surface area contributed by atoms with E-state index in [-0.39, 0.29) is 65.4 Å². The van der Waals surface area contributed by atoms with Gasteiger partial charge >= 0.3 is 0 Å². The van der Waals surface area contributed by atoms with Crippen LogP contribution in [0.4, 0.5) is 0 Å². The summed E-state index contributed by atoms with van der Waals surface area (Å²) in [6, 6.07) is 23.4. The van der Waals surface area contributed by atoms with Gasteiger partial charge in [-0.2, -0.15) is 60.7 Å². The van der Waals surface area contributed by atoms with E-state index in [9.17, 15) is 0 Å². The zero-order chi connectivity index (χ0) is 14.2. The maximum atomic E-state index is 3.50. The molecule has 112 valence electrons. The van der Waals surface area contributed by atoms with Crippen molar-refractivity contribution in [3.63, 3.8) is 0 Å². The summed E-state index contributed by atoms with van der Waals surface area (Å²) in [4.78, 5) is 0. The van der Waals surface area contributed by atoms with Gasteiger partial charge in [0.25, 0.3) is 0 Å². The van der Waals surface area contributed by atoms with Crippen LogP contribution in [-0.4, -0.2) is 13.1 Å². The summed E-state index contributed by atoms with van der Waals surface area (Å²) < 4.78 is 0. The first-order valence-electron chi connectivity index (χ1n) is 7.17. The Hall–Kier alpha value is 0.568. The summed E-state index contributed by atoms with van der Waals surface area (Å²) in [5, 5.41) is 7.00.